The van der Waals surface area contributed by atoms with Crippen molar-refractivity contribution in [1.29, 1.82) is 0 Å². The highest BCUT2D eigenvalue weighted by Crippen LogP contribution is 2.37. The normalized spacial score (nSPS) is 10.7. The lowest BCUT2D eigenvalue weighted by molar-refractivity contribution is 0.284. The number of hydrogen-bond acceptors (Lipinski definition) is 5. The standard InChI is InChI=1S/C19H21ClN4O2S/c1-12-5-4-6-14(7-12)11-26-18-16(20)8-15(9-17(18)25-3)10-21-24-13(2)22-23-19(24)27/h4-9,21H,10-11H2,1-3H3,(H,23,27). The van der Waals surface area contributed by atoms with Crippen LogP contribution in [-0.2, 0) is 13.2 Å². The third-order valence-electron chi connectivity index (χ3n) is 4.04. The van der Waals surface area contributed by atoms with Crippen molar-refractivity contribution < 1.29 is 9.47 Å². The van der Waals surface area contributed by atoms with Crippen LogP contribution in [0.5, 0.6) is 11.5 Å². The molecule has 0 unspecified atom stereocenters. The number of aryl methyl sites for hydroxylation is 2. The maximum atomic E-state index is 6.46. The quantitative estimate of drug-likeness (QED) is 0.566. The fourth-order valence-corrected chi connectivity index (χ4v) is 3.24. The van der Waals surface area contributed by atoms with Gasteiger partial charge in [-0.2, -0.15) is 5.10 Å². The van der Waals surface area contributed by atoms with E-state index in [1.165, 1.54) is 5.56 Å². The van der Waals surface area contributed by atoms with Crippen LogP contribution < -0.4 is 14.9 Å². The predicted molar refractivity (Wildman–Crippen MR) is 109 cm³/mol. The van der Waals surface area contributed by atoms with E-state index in [4.69, 9.17) is 33.3 Å². The summed E-state index contributed by atoms with van der Waals surface area (Å²) in [5, 5.41) is 7.29. The first kappa shape index (κ1) is 19.3. The molecule has 0 spiro atoms. The van der Waals surface area contributed by atoms with Gasteiger partial charge in [0.05, 0.1) is 18.7 Å². The van der Waals surface area contributed by atoms with Crippen molar-refractivity contribution in [1.82, 2.24) is 14.9 Å². The summed E-state index contributed by atoms with van der Waals surface area (Å²) in [6.45, 7) is 4.82. The lowest BCUT2D eigenvalue weighted by Gasteiger charge is -2.15. The van der Waals surface area contributed by atoms with Crippen LogP contribution in [0.15, 0.2) is 36.4 Å². The molecule has 2 aromatic carbocycles. The summed E-state index contributed by atoms with van der Waals surface area (Å²) in [5.41, 5.74) is 6.39. The molecule has 0 amide bonds. The van der Waals surface area contributed by atoms with Gasteiger partial charge < -0.3 is 14.9 Å². The van der Waals surface area contributed by atoms with Gasteiger partial charge in [-0.3, -0.25) is 5.10 Å². The van der Waals surface area contributed by atoms with E-state index in [0.717, 1.165) is 17.0 Å². The second-order valence-corrected chi connectivity index (χ2v) is 6.93. The molecule has 142 valence electrons. The third kappa shape index (κ3) is 4.61. The highest BCUT2D eigenvalue weighted by Gasteiger charge is 2.13. The van der Waals surface area contributed by atoms with E-state index in [1.807, 2.05) is 44.2 Å². The SMILES string of the molecule is COc1cc(CNn2c(C)n[nH]c2=S)cc(Cl)c1OCc1cccc(C)c1. The van der Waals surface area contributed by atoms with Gasteiger partial charge in [0, 0.05) is 0 Å². The average Bonchev–Trinajstić information content (AvgIpc) is 2.96. The molecule has 0 aliphatic heterocycles. The summed E-state index contributed by atoms with van der Waals surface area (Å²) in [7, 11) is 1.60. The number of benzene rings is 2. The first-order valence-corrected chi connectivity index (χ1v) is 9.19. The second-order valence-electron chi connectivity index (χ2n) is 6.13. The molecule has 1 heterocycles. The predicted octanol–water partition coefficient (Wildman–Crippen LogP) is 4.54. The molecule has 0 bridgehead atoms. The number of hydrogen-bond donors (Lipinski definition) is 2. The van der Waals surface area contributed by atoms with Gasteiger partial charge >= 0.3 is 0 Å². The summed E-state index contributed by atoms with van der Waals surface area (Å²) in [6, 6.07) is 11.9. The second kappa shape index (κ2) is 8.45. The monoisotopic (exact) mass is 404 g/mol. The minimum Gasteiger partial charge on any atom is -0.493 e. The van der Waals surface area contributed by atoms with E-state index in [0.29, 0.717) is 34.4 Å². The van der Waals surface area contributed by atoms with Crippen LogP contribution in [-0.4, -0.2) is 22.0 Å². The van der Waals surface area contributed by atoms with Crippen LogP contribution in [0, 0.1) is 18.6 Å². The molecule has 6 nitrogen and oxygen atoms in total. The van der Waals surface area contributed by atoms with Gasteiger partial charge in [0.25, 0.3) is 0 Å². The fourth-order valence-electron chi connectivity index (χ4n) is 2.71. The van der Waals surface area contributed by atoms with Crippen molar-refractivity contribution in [3.8, 4) is 11.5 Å². The minimum atomic E-state index is 0.415. The molecule has 27 heavy (non-hydrogen) atoms. The molecule has 1 aromatic heterocycles. The Labute approximate surface area is 168 Å². The number of H-pyrrole nitrogens is 1. The molecule has 0 atom stereocenters. The molecule has 0 fully saturated rings. The zero-order valence-corrected chi connectivity index (χ0v) is 16.9. The Hall–Kier alpha value is -2.51. The van der Waals surface area contributed by atoms with E-state index < -0.39 is 0 Å². The van der Waals surface area contributed by atoms with Crippen molar-refractivity contribution in [3.63, 3.8) is 0 Å². The lowest BCUT2D eigenvalue weighted by Crippen LogP contribution is -2.16. The highest BCUT2D eigenvalue weighted by molar-refractivity contribution is 7.71. The number of methoxy groups -OCH3 is 1. The topological polar surface area (TPSA) is 64.1 Å². The first-order valence-electron chi connectivity index (χ1n) is 8.40. The minimum absolute atomic E-state index is 0.415. The van der Waals surface area contributed by atoms with E-state index in [-0.39, 0.29) is 0 Å². The Balaban J connectivity index is 1.75. The third-order valence-corrected chi connectivity index (χ3v) is 4.59. The van der Waals surface area contributed by atoms with E-state index >= 15 is 0 Å². The van der Waals surface area contributed by atoms with Gasteiger partial charge in [0.15, 0.2) is 11.5 Å². The number of aromatic nitrogens is 3. The number of ether oxygens (including phenoxy) is 2. The molecule has 3 aromatic rings. The summed E-state index contributed by atoms with van der Waals surface area (Å²) in [4.78, 5) is 0. The highest BCUT2D eigenvalue weighted by atomic mass is 35.5. The lowest BCUT2D eigenvalue weighted by atomic mass is 10.1. The first-order chi connectivity index (χ1) is 13.0. The van der Waals surface area contributed by atoms with Crippen molar-refractivity contribution in [2.45, 2.75) is 27.0 Å². The van der Waals surface area contributed by atoms with E-state index in [9.17, 15) is 0 Å². The van der Waals surface area contributed by atoms with Crippen LogP contribution in [0.4, 0.5) is 0 Å². The zero-order valence-electron chi connectivity index (χ0n) is 15.4. The Morgan fingerprint density at radius 2 is 2.04 bits per heavy atom. The van der Waals surface area contributed by atoms with Crippen molar-refractivity contribution in [2.75, 3.05) is 12.5 Å². The molecule has 8 heteroatoms. The van der Waals surface area contributed by atoms with Gasteiger partial charge in [0.2, 0.25) is 4.77 Å². The van der Waals surface area contributed by atoms with Crippen molar-refractivity contribution in [2.24, 2.45) is 0 Å². The van der Waals surface area contributed by atoms with Crippen LogP contribution >= 0.6 is 23.8 Å². The number of nitrogens with one attached hydrogen (secondary N) is 2. The molecule has 0 radical (unpaired) electrons. The Morgan fingerprint density at radius 3 is 2.70 bits per heavy atom. The Morgan fingerprint density at radius 1 is 1.22 bits per heavy atom. The summed E-state index contributed by atoms with van der Waals surface area (Å²) in [6.07, 6.45) is 0. The van der Waals surface area contributed by atoms with Gasteiger partial charge in [-0.25, -0.2) is 4.68 Å². The van der Waals surface area contributed by atoms with Gasteiger partial charge in [-0.1, -0.05) is 41.4 Å². The number of halogens is 1. The number of aromatic amines is 1. The molecular formula is C19H21ClN4O2S. The Kier molecular flexibility index (Phi) is 6.03. The van der Waals surface area contributed by atoms with Crippen LogP contribution in [0.3, 0.4) is 0 Å². The van der Waals surface area contributed by atoms with Gasteiger partial charge in [-0.05, 0) is 49.3 Å². The van der Waals surface area contributed by atoms with Crippen LogP contribution in [0.1, 0.15) is 22.5 Å². The average molecular weight is 405 g/mol. The molecule has 0 aliphatic rings. The number of rotatable bonds is 7. The van der Waals surface area contributed by atoms with Crippen molar-refractivity contribution >= 4 is 23.8 Å². The largest absolute Gasteiger partial charge is 0.493 e. The fraction of sp³-hybridized carbons (Fsp3) is 0.263. The van der Waals surface area contributed by atoms with Crippen LogP contribution in [0.25, 0.3) is 0 Å². The zero-order chi connectivity index (χ0) is 19.4. The van der Waals surface area contributed by atoms with Gasteiger partial charge in [0.1, 0.15) is 12.4 Å². The molecule has 0 saturated heterocycles. The summed E-state index contributed by atoms with van der Waals surface area (Å²) < 4.78 is 13.6. The molecular weight excluding hydrogens is 384 g/mol. The molecule has 3 rings (SSSR count). The van der Waals surface area contributed by atoms with Gasteiger partial charge in [-0.15, -0.1) is 0 Å². The van der Waals surface area contributed by atoms with E-state index in [2.05, 4.69) is 21.7 Å². The molecule has 0 saturated carbocycles. The van der Waals surface area contributed by atoms with E-state index in [1.54, 1.807) is 11.8 Å². The number of nitrogens with zero attached hydrogens (tertiary/aromatic N) is 2. The molecule has 0 aliphatic carbocycles. The smallest absolute Gasteiger partial charge is 0.214 e. The maximum Gasteiger partial charge on any atom is 0.214 e. The van der Waals surface area contributed by atoms with Crippen LogP contribution in [0.2, 0.25) is 5.02 Å². The Bertz CT molecular complexity index is 1000. The summed E-state index contributed by atoms with van der Waals surface area (Å²) in [5.74, 6) is 1.86. The molecule has 2 N–H and O–H groups in total. The summed E-state index contributed by atoms with van der Waals surface area (Å²) >= 11 is 11.6. The van der Waals surface area contributed by atoms with Crippen molar-refractivity contribution in [3.05, 3.63) is 68.7 Å². The maximum absolute atomic E-state index is 6.46.